The summed E-state index contributed by atoms with van der Waals surface area (Å²) in [5.74, 6) is 0.0813. The van der Waals surface area contributed by atoms with E-state index in [1.165, 1.54) is 0 Å². The Labute approximate surface area is 171 Å². The molecule has 0 aliphatic rings. The molecule has 0 aliphatic carbocycles. The van der Waals surface area contributed by atoms with E-state index < -0.39 is 6.04 Å². The summed E-state index contributed by atoms with van der Waals surface area (Å²) >= 11 is 0. The largest absolute Gasteiger partial charge is 0.493 e. The Morgan fingerprint density at radius 3 is 2.55 bits per heavy atom. The lowest BCUT2D eigenvalue weighted by atomic mass is 10.0. The molecule has 2 amide bonds. The van der Waals surface area contributed by atoms with Crippen LogP contribution >= 0.6 is 0 Å². The third-order valence-electron chi connectivity index (χ3n) is 4.28. The van der Waals surface area contributed by atoms with Gasteiger partial charge in [-0.3, -0.25) is 9.59 Å². The van der Waals surface area contributed by atoms with Crippen molar-refractivity contribution in [1.82, 2.24) is 5.32 Å². The molecule has 0 radical (unpaired) electrons. The predicted octanol–water partition coefficient (Wildman–Crippen LogP) is 3.69. The molecule has 2 aromatic rings. The molecule has 0 aromatic heterocycles. The minimum atomic E-state index is -0.647. The Morgan fingerprint density at radius 2 is 1.86 bits per heavy atom. The summed E-state index contributed by atoms with van der Waals surface area (Å²) in [5, 5.41) is 14.2. The van der Waals surface area contributed by atoms with E-state index >= 15 is 0 Å². The second-order valence-electron chi connectivity index (χ2n) is 7.08. The van der Waals surface area contributed by atoms with Gasteiger partial charge >= 0.3 is 0 Å². The monoisotopic (exact) mass is 393 g/mol. The maximum Gasteiger partial charge on any atom is 0.247 e. The van der Waals surface area contributed by atoms with Crippen LogP contribution in [0.3, 0.4) is 0 Å². The third-order valence-corrected chi connectivity index (χ3v) is 4.28. The fraction of sp³-hybridized carbons (Fsp3) is 0.348. The summed E-state index contributed by atoms with van der Waals surface area (Å²) in [6.07, 6.45) is 1.31. The maximum absolute atomic E-state index is 12.7. The Hall–Kier alpha value is -3.33. The normalized spacial score (nSPS) is 11.4. The van der Waals surface area contributed by atoms with Crippen LogP contribution in [0.5, 0.6) is 5.75 Å². The average molecular weight is 393 g/mol. The molecule has 1 unspecified atom stereocenters. The highest BCUT2D eigenvalue weighted by atomic mass is 16.5. The summed E-state index contributed by atoms with van der Waals surface area (Å²) in [4.78, 5) is 25.1. The molecule has 6 nitrogen and oxygen atoms in total. The molecule has 29 heavy (non-hydrogen) atoms. The number of carbonyl (C=O) groups excluding carboxylic acids is 2. The van der Waals surface area contributed by atoms with Gasteiger partial charge in [-0.2, -0.15) is 5.26 Å². The van der Waals surface area contributed by atoms with Crippen molar-refractivity contribution in [2.75, 3.05) is 11.9 Å². The van der Waals surface area contributed by atoms with Gasteiger partial charge in [0.05, 0.1) is 19.1 Å². The molecular formula is C23H27N3O3. The van der Waals surface area contributed by atoms with Crippen LogP contribution < -0.4 is 15.4 Å². The number of amides is 2. The molecule has 152 valence electrons. The summed E-state index contributed by atoms with van der Waals surface area (Å²) in [7, 11) is 0. The zero-order chi connectivity index (χ0) is 21.1. The summed E-state index contributed by atoms with van der Waals surface area (Å²) < 4.78 is 5.60. The highest BCUT2D eigenvalue weighted by Gasteiger charge is 2.24. The van der Waals surface area contributed by atoms with Gasteiger partial charge in [-0.1, -0.05) is 50.2 Å². The van der Waals surface area contributed by atoms with Gasteiger partial charge < -0.3 is 15.4 Å². The molecule has 2 N–H and O–H groups in total. The van der Waals surface area contributed by atoms with Gasteiger partial charge in [0.1, 0.15) is 11.8 Å². The minimum Gasteiger partial charge on any atom is -0.493 e. The Balaban J connectivity index is 1.95. The van der Waals surface area contributed by atoms with Crippen molar-refractivity contribution < 1.29 is 14.3 Å². The zero-order valence-corrected chi connectivity index (χ0v) is 16.9. The third kappa shape index (κ3) is 7.67. The molecule has 0 heterocycles. The van der Waals surface area contributed by atoms with Gasteiger partial charge in [0.15, 0.2) is 0 Å². The lowest BCUT2D eigenvalue weighted by molar-refractivity contribution is -0.127. The van der Waals surface area contributed by atoms with Crippen LogP contribution in [0.25, 0.3) is 0 Å². The molecule has 0 saturated carbocycles. The second kappa shape index (κ2) is 11.5. The van der Waals surface area contributed by atoms with Crippen molar-refractivity contribution in [1.29, 1.82) is 5.26 Å². The molecule has 2 aromatic carbocycles. The van der Waals surface area contributed by atoms with Gasteiger partial charge in [0.2, 0.25) is 11.8 Å². The quantitative estimate of drug-likeness (QED) is 0.602. The molecule has 0 saturated heterocycles. The predicted molar refractivity (Wildman–Crippen MR) is 112 cm³/mol. The smallest absolute Gasteiger partial charge is 0.247 e. The van der Waals surface area contributed by atoms with Crippen molar-refractivity contribution in [2.24, 2.45) is 5.92 Å². The van der Waals surface area contributed by atoms with Crippen molar-refractivity contribution in [3.63, 3.8) is 0 Å². The number of rotatable bonds is 10. The van der Waals surface area contributed by atoms with Gasteiger partial charge in [-0.25, -0.2) is 0 Å². The number of anilines is 1. The van der Waals surface area contributed by atoms with Crippen molar-refractivity contribution >= 4 is 17.5 Å². The van der Waals surface area contributed by atoms with Crippen LogP contribution in [0, 0.1) is 17.2 Å². The van der Waals surface area contributed by atoms with E-state index in [0.29, 0.717) is 30.9 Å². The highest BCUT2D eigenvalue weighted by molar-refractivity contribution is 5.97. The van der Waals surface area contributed by atoms with Gasteiger partial charge in [0.25, 0.3) is 0 Å². The number of hydrogen-bond donors (Lipinski definition) is 2. The molecule has 0 fully saturated rings. The van der Waals surface area contributed by atoms with Crippen LogP contribution in [-0.4, -0.2) is 24.5 Å². The molecule has 0 aliphatic heterocycles. The highest BCUT2D eigenvalue weighted by Crippen LogP contribution is 2.18. The molecule has 0 bridgehead atoms. The topological polar surface area (TPSA) is 91.2 Å². The first-order valence-electron chi connectivity index (χ1n) is 9.73. The first kappa shape index (κ1) is 22.0. The molecule has 1 atom stereocenters. The first-order valence-corrected chi connectivity index (χ1v) is 9.73. The first-order chi connectivity index (χ1) is 14.0. The van der Waals surface area contributed by atoms with Crippen LogP contribution in [-0.2, 0) is 16.0 Å². The van der Waals surface area contributed by atoms with E-state index in [9.17, 15) is 9.59 Å². The Morgan fingerprint density at radius 1 is 1.10 bits per heavy atom. The number of carbonyl (C=O) groups is 2. The summed E-state index contributed by atoms with van der Waals surface area (Å²) in [6, 6.07) is 17.9. The Kier molecular flexibility index (Phi) is 8.71. The number of benzene rings is 2. The lowest BCUT2D eigenvalue weighted by Gasteiger charge is -2.22. The Bertz CT molecular complexity index is 844. The van der Waals surface area contributed by atoms with E-state index in [0.717, 1.165) is 5.56 Å². The number of unbranched alkanes of at least 4 members (excludes halogenated alkanes) is 1. The van der Waals surface area contributed by atoms with E-state index in [-0.39, 0.29) is 24.2 Å². The standard InChI is InChI=1S/C23H27N3O3/c1-17(2)22(26-21(27)15-18-9-4-3-5-10-18)23(28)25-19-11-8-12-20(16-19)29-14-7-6-13-24/h3-5,8-12,16-17,22H,6-7,14-15H2,1-2H3,(H,25,28)(H,26,27). The van der Waals surface area contributed by atoms with Crippen molar-refractivity contribution in [2.45, 2.75) is 39.2 Å². The van der Waals surface area contributed by atoms with Gasteiger partial charge in [0, 0.05) is 18.2 Å². The van der Waals surface area contributed by atoms with Crippen LogP contribution in [0.2, 0.25) is 0 Å². The van der Waals surface area contributed by atoms with Crippen molar-refractivity contribution in [3.8, 4) is 11.8 Å². The van der Waals surface area contributed by atoms with E-state index in [1.54, 1.807) is 24.3 Å². The zero-order valence-electron chi connectivity index (χ0n) is 16.9. The molecule has 0 spiro atoms. The molecule has 2 rings (SSSR count). The fourth-order valence-corrected chi connectivity index (χ4v) is 2.77. The summed E-state index contributed by atoms with van der Waals surface area (Å²) in [6.45, 7) is 4.22. The van der Waals surface area contributed by atoms with Crippen LogP contribution in [0.15, 0.2) is 54.6 Å². The number of nitrogens with zero attached hydrogens (tertiary/aromatic N) is 1. The average Bonchev–Trinajstić information content (AvgIpc) is 2.70. The minimum absolute atomic E-state index is 0.0693. The maximum atomic E-state index is 12.7. The fourth-order valence-electron chi connectivity index (χ4n) is 2.77. The number of nitriles is 1. The van der Waals surface area contributed by atoms with E-state index in [4.69, 9.17) is 10.00 Å². The van der Waals surface area contributed by atoms with Gasteiger partial charge in [-0.05, 0) is 30.0 Å². The van der Waals surface area contributed by atoms with Crippen molar-refractivity contribution in [3.05, 3.63) is 60.2 Å². The van der Waals surface area contributed by atoms with E-state index in [2.05, 4.69) is 16.7 Å². The van der Waals surface area contributed by atoms with Crippen LogP contribution in [0.1, 0.15) is 32.3 Å². The second-order valence-corrected chi connectivity index (χ2v) is 7.08. The lowest BCUT2D eigenvalue weighted by Crippen LogP contribution is -2.47. The number of hydrogen-bond acceptors (Lipinski definition) is 4. The summed E-state index contributed by atoms with van der Waals surface area (Å²) in [5.41, 5.74) is 1.49. The number of ether oxygens (including phenoxy) is 1. The SMILES string of the molecule is CC(C)C(NC(=O)Cc1ccccc1)C(=O)Nc1cccc(OCCCC#N)c1. The van der Waals surface area contributed by atoms with Gasteiger partial charge in [-0.15, -0.1) is 0 Å². The molecular weight excluding hydrogens is 366 g/mol. The molecule has 6 heteroatoms. The van der Waals surface area contributed by atoms with Crippen LogP contribution in [0.4, 0.5) is 5.69 Å². The number of nitrogens with one attached hydrogen (secondary N) is 2. The van der Waals surface area contributed by atoms with E-state index in [1.807, 2.05) is 44.2 Å².